The maximum Gasteiger partial charge on any atom is 0.352 e. The Morgan fingerprint density at radius 3 is 2.45 bits per heavy atom. The molecule has 0 radical (unpaired) electrons. The second-order valence-electron chi connectivity index (χ2n) is 12.7. The van der Waals surface area contributed by atoms with Gasteiger partial charge in [0.05, 0.1) is 11.3 Å². The van der Waals surface area contributed by atoms with Crippen LogP contribution in [0.4, 0.5) is 5.13 Å². The summed E-state index contributed by atoms with van der Waals surface area (Å²) in [5.74, 6) is -5.88. The molecule has 4 aromatic rings. The fourth-order valence-corrected chi connectivity index (χ4v) is 7.69. The number of ketones is 1. The number of amides is 1. The normalized spacial score (nSPS) is 17.5. The number of nitrogens with two attached hydrogens (primary N) is 1. The Morgan fingerprint density at radius 2 is 1.81 bits per heavy atom. The number of carbonyl (C=O) groups is 5. The number of nitrogens with zero attached hydrogens (tertiary/aromatic N) is 4. The van der Waals surface area contributed by atoms with Crippen molar-refractivity contribution in [2.24, 2.45) is 11.1 Å². The molecule has 6 rings (SSSR count). The van der Waals surface area contributed by atoms with Crippen LogP contribution in [0.3, 0.4) is 0 Å². The van der Waals surface area contributed by atoms with E-state index in [1.54, 1.807) is 36.7 Å². The number of aromatic nitrogens is 2. The first-order chi connectivity index (χ1) is 25.1. The first-order valence-corrected chi connectivity index (χ1v) is 17.9. The molecule has 0 aliphatic carbocycles. The van der Waals surface area contributed by atoms with E-state index < -0.39 is 46.5 Å². The predicted octanol–water partition coefficient (Wildman–Crippen LogP) is 3.74. The number of benzene rings is 2. The molecule has 2 aliphatic rings. The van der Waals surface area contributed by atoms with Gasteiger partial charge >= 0.3 is 17.9 Å². The zero-order valence-corrected chi connectivity index (χ0v) is 29.8. The van der Waals surface area contributed by atoms with Crippen molar-refractivity contribution in [3.63, 3.8) is 0 Å². The minimum absolute atomic E-state index is 0.0661. The molecular formula is C36H32N5O10S2+. The number of thioether (sulfide) groups is 1. The molecule has 4 heterocycles. The van der Waals surface area contributed by atoms with Crippen LogP contribution in [0.25, 0.3) is 16.8 Å². The molecule has 0 saturated carbocycles. The minimum atomic E-state index is -1.76. The molecule has 2 aliphatic heterocycles. The van der Waals surface area contributed by atoms with Crippen LogP contribution in [0.5, 0.6) is 5.75 Å². The quantitative estimate of drug-likeness (QED) is 0.0567. The zero-order valence-electron chi connectivity index (χ0n) is 28.1. The first kappa shape index (κ1) is 36.7. The lowest BCUT2D eigenvalue weighted by Crippen LogP contribution is -2.62. The van der Waals surface area contributed by atoms with Crippen LogP contribution in [-0.4, -0.2) is 82.3 Å². The molecule has 2 atom stereocenters. The number of rotatable bonds is 13. The summed E-state index contributed by atoms with van der Waals surface area (Å²) in [5.41, 5.74) is 5.57. The average molecular weight is 759 g/mol. The highest BCUT2D eigenvalue weighted by molar-refractivity contribution is 8.00. The average Bonchev–Trinajstić information content (AvgIpc) is 3.55. The monoisotopic (exact) mass is 758 g/mol. The molecule has 0 unspecified atom stereocenters. The highest BCUT2D eigenvalue weighted by Crippen LogP contribution is 2.45. The van der Waals surface area contributed by atoms with E-state index in [0.29, 0.717) is 22.9 Å². The van der Waals surface area contributed by atoms with Gasteiger partial charge in [-0.1, -0.05) is 41.6 Å². The lowest BCUT2D eigenvalue weighted by molar-refractivity contribution is -0.687. The number of nitrogen functional groups attached to an aromatic ring is 1. The van der Waals surface area contributed by atoms with Crippen LogP contribution in [0.15, 0.2) is 82.7 Å². The van der Waals surface area contributed by atoms with Gasteiger partial charge in [0.25, 0.3) is 0 Å². The Morgan fingerprint density at radius 1 is 1.08 bits per heavy atom. The molecule has 17 heteroatoms. The number of Topliss-reactive ketones (excluding diaryl/α,β-unsaturated/α-hetero) is 1. The second kappa shape index (κ2) is 14.5. The fourth-order valence-electron chi connectivity index (χ4n) is 5.75. The number of pyridine rings is 1. The zero-order chi connectivity index (χ0) is 38.2. The Hall–Kier alpha value is -6.07. The van der Waals surface area contributed by atoms with Crippen LogP contribution >= 0.6 is 23.1 Å². The second-order valence-corrected chi connectivity index (χ2v) is 14.7. The standard InChI is InChI=1S/C36H31N5O10S2/c1-36(2,34(49)50)51-39-27(25-17-53-35(37)38-25)26(42)13-24-30(44)41-28(33(47)48)21(16-52-31(24)41)8-7-18-3-5-19(6-4-18)14-40-12-11-22-20(15-40)9-10-23(29(22)43)32(45)46/h3-12,15,17,24,31H,13-14,16H2,1-2H3,(H5-,37,38,43,45,46,47,48,49,50)/p+1/b8-7+,39-27-/t24-,31-/m1/s1. The number of aromatic hydroxyl groups is 1. The lowest BCUT2D eigenvalue weighted by Gasteiger charge is -2.49. The van der Waals surface area contributed by atoms with Gasteiger partial charge in [-0.3, -0.25) is 14.5 Å². The number of allylic oxidation sites excluding steroid dienone is 1. The summed E-state index contributed by atoms with van der Waals surface area (Å²) in [6.07, 6.45) is 6.62. The lowest BCUT2D eigenvalue weighted by atomic mass is 9.89. The number of carboxylic acids is 3. The number of fused-ring (bicyclic) bond motifs is 2. The highest BCUT2D eigenvalue weighted by Gasteiger charge is 2.54. The molecule has 6 N–H and O–H groups in total. The Bertz CT molecular complexity index is 2280. The Labute approximate surface area is 309 Å². The smallest absolute Gasteiger partial charge is 0.352 e. The van der Waals surface area contributed by atoms with E-state index in [2.05, 4.69) is 10.1 Å². The van der Waals surface area contributed by atoms with Crippen molar-refractivity contribution in [2.45, 2.75) is 37.8 Å². The van der Waals surface area contributed by atoms with Crippen molar-refractivity contribution in [1.29, 1.82) is 0 Å². The Balaban J connectivity index is 1.14. The topological polar surface area (TPSA) is 234 Å². The molecule has 2 aromatic heterocycles. The van der Waals surface area contributed by atoms with Gasteiger partial charge in [0.15, 0.2) is 35.6 Å². The van der Waals surface area contributed by atoms with Crippen LogP contribution in [0, 0.1) is 5.92 Å². The number of hydrogen-bond acceptors (Lipinski definition) is 12. The van der Waals surface area contributed by atoms with Crippen LogP contribution in [0.1, 0.15) is 47.4 Å². The van der Waals surface area contributed by atoms with Crippen molar-refractivity contribution in [1.82, 2.24) is 9.88 Å². The van der Waals surface area contributed by atoms with Crippen molar-refractivity contribution in [3.05, 3.63) is 100.0 Å². The van der Waals surface area contributed by atoms with Gasteiger partial charge in [-0.05, 0) is 37.1 Å². The van der Waals surface area contributed by atoms with Crippen molar-refractivity contribution in [2.75, 3.05) is 11.5 Å². The Kier molecular flexibility index (Phi) is 10.1. The summed E-state index contributed by atoms with van der Waals surface area (Å²) < 4.78 is 1.90. The van der Waals surface area contributed by atoms with Gasteiger partial charge in [0.1, 0.15) is 22.7 Å². The number of anilines is 1. The molecule has 1 fully saturated rings. The van der Waals surface area contributed by atoms with Gasteiger partial charge in [0.2, 0.25) is 11.5 Å². The predicted molar refractivity (Wildman–Crippen MR) is 194 cm³/mol. The molecular weight excluding hydrogens is 727 g/mol. The summed E-state index contributed by atoms with van der Waals surface area (Å²) in [7, 11) is 0. The molecule has 0 bridgehead atoms. The van der Waals surface area contributed by atoms with E-state index in [0.717, 1.165) is 22.5 Å². The van der Waals surface area contributed by atoms with Crippen LogP contribution in [-0.2, 0) is 30.6 Å². The molecule has 272 valence electrons. The first-order valence-electron chi connectivity index (χ1n) is 15.9. The molecule has 2 aromatic carbocycles. The maximum atomic E-state index is 13.4. The number of aromatic carboxylic acids is 1. The van der Waals surface area contributed by atoms with Crippen LogP contribution < -0.4 is 10.3 Å². The van der Waals surface area contributed by atoms with Gasteiger partial charge in [0, 0.05) is 40.0 Å². The number of hydrogen-bond donors (Lipinski definition) is 5. The van der Waals surface area contributed by atoms with E-state index >= 15 is 0 Å². The third-order valence-corrected chi connectivity index (χ3v) is 10.7. The van der Waals surface area contributed by atoms with Crippen molar-refractivity contribution < 1.29 is 53.8 Å². The number of phenols is 1. The summed E-state index contributed by atoms with van der Waals surface area (Å²) in [6.45, 7) is 3.01. The van der Waals surface area contributed by atoms with Crippen molar-refractivity contribution in [3.8, 4) is 5.75 Å². The molecule has 0 spiro atoms. The van der Waals surface area contributed by atoms with E-state index in [-0.39, 0.29) is 45.7 Å². The third-order valence-electron chi connectivity index (χ3n) is 8.67. The number of aliphatic carboxylic acids is 2. The van der Waals surface area contributed by atoms with E-state index in [1.807, 2.05) is 28.8 Å². The molecule has 53 heavy (non-hydrogen) atoms. The van der Waals surface area contributed by atoms with Crippen LogP contribution in [0.2, 0.25) is 0 Å². The maximum absolute atomic E-state index is 13.4. The summed E-state index contributed by atoms with van der Waals surface area (Å²) >= 11 is 2.36. The van der Waals surface area contributed by atoms with Gasteiger partial charge in [-0.2, -0.15) is 0 Å². The van der Waals surface area contributed by atoms with Crippen molar-refractivity contribution >= 4 is 80.4 Å². The molecule has 1 amide bonds. The van der Waals surface area contributed by atoms with Gasteiger partial charge in [-0.25, -0.2) is 23.9 Å². The molecule has 1 saturated heterocycles. The SMILES string of the molecule is CC(C)(O/N=C(\C(=O)C[C@@H]1C(=O)N2C(C(=O)O)=C(/C=C/c3ccc(C[n+]4ccc5c(O)c(C(=O)O)ccc5c4)cc3)CS[C@H]12)c1csc(N)n1)C(=O)O. The van der Waals surface area contributed by atoms with E-state index in [9.17, 15) is 44.4 Å². The minimum Gasteiger partial charge on any atom is -0.506 e. The number of carboxylic acid groups (broad SMARTS) is 3. The fraction of sp³-hybridized carbons (Fsp3) is 0.222. The third kappa shape index (κ3) is 7.47. The van der Waals surface area contributed by atoms with E-state index in [1.165, 1.54) is 42.0 Å². The summed E-state index contributed by atoms with van der Waals surface area (Å²) in [4.78, 5) is 72.5. The number of β-lactam (4-membered cyclic amide) rings is 1. The summed E-state index contributed by atoms with van der Waals surface area (Å²) in [5, 5.41) is 45.0. The highest BCUT2D eigenvalue weighted by atomic mass is 32.2. The largest absolute Gasteiger partial charge is 0.506 e. The van der Waals surface area contributed by atoms with Gasteiger partial charge < -0.3 is 31.0 Å². The number of thiazole rings is 1. The number of carbonyl (C=O) groups excluding carboxylic acids is 2. The number of oxime groups is 1. The molecule has 15 nitrogen and oxygen atoms in total. The van der Waals surface area contributed by atoms with E-state index in [4.69, 9.17) is 10.6 Å². The summed E-state index contributed by atoms with van der Waals surface area (Å²) in [6, 6.07) is 12.2. The van der Waals surface area contributed by atoms with Gasteiger partial charge in [-0.15, -0.1) is 23.1 Å².